The van der Waals surface area contributed by atoms with Crippen molar-refractivity contribution in [2.45, 2.75) is 12.7 Å². The number of carbonyl (C=O) groups is 1. The van der Waals surface area contributed by atoms with Crippen LogP contribution in [0.5, 0.6) is 0 Å². The summed E-state index contributed by atoms with van der Waals surface area (Å²) in [6.45, 7) is 0.188. The molecule has 0 bridgehead atoms. The van der Waals surface area contributed by atoms with Gasteiger partial charge < -0.3 is 4.90 Å². The molecule has 0 saturated heterocycles. The van der Waals surface area contributed by atoms with Crippen LogP contribution in [0.2, 0.25) is 0 Å². The molecular weight excluding hydrogens is 283 g/mol. The highest BCUT2D eigenvalue weighted by molar-refractivity contribution is 5.91. The van der Waals surface area contributed by atoms with E-state index in [0.29, 0.717) is 5.56 Å². The van der Waals surface area contributed by atoms with Crippen LogP contribution in [0.15, 0.2) is 42.9 Å². The molecule has 1 aromatic heterocycles. The lowest BCUT2D eigenvalue weighted by atomic mass is 10.1. The van der Waals surface area contributed by atoms with Crippen molar-refractivity contribution in [1.29, 1.82) is 0 Å². The number of hydrogen-bond acceptors (Lipinski definition) is 3. The summed E-state index contributed by atoms with van der Waals surface area (Å²) in [5, 5.41) is 0. The van der Waals surface area contributed by atoms with Gasteiger partial charge in [-0.05, 0) is 17.7 Å². The largest absolute Gasteiger partial charge is 0.416 e. The van der Waals surface area contributed by atoms with Gasteiger partial charge in [0.25, 0.3) is 5.91 Å². The monoisotopic (exact) mass is 295 g/mol. The van der Waals surface area contributed by atoms with E-state index >= 15 is 0 Å². The van der Waals surface area contributed by atoms with E-state index in [1.54, 1.807) is 7.05 Å². The van der Waals surface area contributed by atoms with Crippen LogP contribution in [-0.4, -0.2) is 27.8 Å². The summed E-state index contributed by atoms with van der Waals surface area (Å²) in [6.07, 6.45) is -0.169. The fourth-order valence-corrected chi connectivity index (χ4v) is 1.75. The van der Waals surface area contributed by atoms with Crippen molar-refractivity contribution in [2.75, 3.05) is 7.05 Å². The maximum Gasteiger partial charge on any atom is 0.416 e. The molecule has 21 heavy (non-hydrogen) atoms. The van der Waals surface area contributed by atoms with Crippen LogP contribution >= 0.6 is 0 Å². The Morgan fingerprint density at radius 1 is 1.19 bits per heavy atom. The second-order valence-corrected chi connectivity index (χ2v) is 4.45. The van der Waals surface area contributed by atoms with E-state index < -0.39 is 11.7 Å². The third-order valence-corrected chi connectivity index (χ3v) is 2.83. The minimum atomic E-state index is -4.36. The van der Waals surface area contributed by atoms with Crippen LogP contribution in [0.3, 0.4) is 0 Å². The van der Waals surface area contributed by atoms with Gasteiger partial charge in [0, 0.05) is 26.0 Å². The topological polar surface area (TPSA) is 46.1 Å². The summed E-state index contributed by atoms with van der Waals surface area (Å²) in [4.78, 5) is 21.1. The van der Waals surface area contributed by atoms with Crippen LogP contribution in [0.25, 0.3) is 0 Å². The van der Waals surface area contributed by atoms with Crippen molar-refractivity contribution in [3.63, 3.8) is 0 Å². The van der Waals surface area contributed by atoms with Crippen molar-refractivity contribution in [2.24, 2.45) is 0 Å². The SMILES string of the molecule is CN(Cc1ccc(C(F)(F)F)cc1)C(=O)c1cnccn1. The van der Waals surface area contributed by atoms with Crippen LogP contribution in [-0.2, 0) is 12.7 Å². The standard InChI is InChI=1S/C14H12F3N3O/c1-20(13(21)12-8-18-6-7-19-12)9-10-2-4-11(5-3-10)14(15,16)17/h2-8H,9H2,1H3. The fourth-order valence-electron chi connectivity index (χ4n) is 1.75. The second-order valence-electron chi connectivity index (χ2n) is 4.45. The number of benzene rings is 1. The molecule has 1 amide bonds. The first-order chi connectivity index (χ1) is 9.88. The summed E-state index contributed by atoms with van der Waals surface area (Å²) in [5.41, 5.74) is 0.0730. The van der Waals surface area contributed by atoms with Crippen molar-refractivity contribution < 1.29 is 18.0 Å². The number of carbonyl (C=O) groups excluding carboxylic acids is 1. The Morgan fingerprint density at radius 2 is 1.86 bits per heavy atom. The Kier molecular flexibility index (Phi) is 4.21. The van der Waals surface area contributed by atoms with Gasteiger partial charge in [0.15, 0.2) is 0 Å². The Balaban J connectivity index is 2.06. The van der Waals surface area contributed by atoms with Gasteiger partial charge in [-0.25, -0.2) is 4.98 Å². The molecule has 110 valence electrons. The molecule has 0 spiro atoms. The van der Waals surface area contributed by atoms with E-state index in [4.69, 9.17) is 0 Å². The number of alkyl halides is 3. The summed E-state index contributed by atoms with van der Waals surface area (Å²) in [5.74, 6) is -0.344. The minimum Gasteiger partial charge on any atom is -0.336 e. The van der Waals surface area contributed by atoms with E-state index in [2.05, 4.69) is 9.97 Å². The molecule has 0 atom stereocenters. The molecule has 0 aliphatic carbocycles. The summed E-state index contributed by atoms with van der Waals surface area (Å²) >= 11 is 0. The minimum absolute atomic E-state index is 0.187. The van der Waals surface area contributed by atoms with E-state index in [1.165, 1.54) is 35.6 Å². The third kappa shape index (κ3) is 3.77. The van der Waals surface area contributed by atoms with Crippen molar-refractivity contribution in [3.05, 3.63) is 59.7 Å². The quantitative estimate of drug-likeness (QED) is 0.874. The van der Waals surface area contributed by atoms with Crippen molar-refractivity contribution in [1.82, 2.24) is 14.9 Å². The van der Waals surface area contributed by atoms with Gasteiger partial charge in [0.2, 0.25) is 0 Å². The summed E-state index contributed by atoms with van der Waals surface area (Å²) < 4.78 is 37.4. The second kappa shape index (κ2) is 5.90. The van der Waals surface area contributed by atoms with E-state index in [9.17, 15) is 18.0 Å². The van der Waals surface area contributed by atoms with Gasteiger partial charge in [-0.1, -0.05) is 12.1 Å². The van der Waals surface area contributed by atoms with Gasteiger partial charge in [-0.2, -0.15) is 13.2 Å². The van der Waals surface area contributed by atoms with Gasteiger partial charge in [0.05, 0.1) is 11.8 Å². The van der Waals surface area contributed by atoms with E-state index in [-0.39, 0.29) is 18.1 Å². The maximum absolute atomic E-state index is 12.5. The van der Waals surface area contributed by atoms with Crippen molar-refractivity contribution in [3.8, 4) is 0 Å². The van der Waals surface area contributed by atoms with E-state index in [0.717, 1.165) is 12.1 Å². The number of halogens is 3. The zero-order valence-corrected chi connectivity index (χ0v) is 11.1. The number of hydrogen-bond donors (Lipinski definition) is 0. The number of nitrogens with zero attached hydrogens (tertiary/aromatic N) is 3. The Hall–Kier alpha value is -2.44. The molecule has 1 aromatic carbocycles. The molecule has 7 heteroatoms. The zero-order chi connectivity index (χ0) is 15.5. The highest BCUT2D eigenvalue weighted by Crippen LogP contribution is 2.29. The fraction of sp³-hybridized carbons (Fsp3) is 0.214. The first-order valence-electron chi connectivity index (χ1n) is 6.05. The summed E-state index contributed by atoms with van der Waals surface area (Å²) in [6, 6.07) is 4.69. The van der Waals surface area contributed by atoms with Gasteiger partial charge in [-0.15, -0.1) is 0 Å². The normalized spacial score (nSPS) is 11.2. The molecule has 0 aliphatic rings. The number of amides is 1. The molecular formula is C14H12F3N3O. The lowest BCUT2D eigenvalue weighted by molar-refractivity contribution is -0.137. The van der Waals surface area contributed by atoms with Crippen LogP contribution in [0.1, 0.15) is 21.6 Å². The lowest BCUT2D eigenvalue weighted by Crippen LogP contribution is -2.27. The molecule has 0 aliphatic heterocycles. The van der Waals surface area contributed by atoms with Crippen LogP contribution in [0, 0.1) is 0 Å². The molecule has 1 heterocycles. The maximum atomic E-state index is 12.5. The first kappa shape index (κ1) is 15.0. The first-order valence-corrected chi connectivity index (χ1v) is 6.05. The Labute approximate surface area is 119 Å². The number of aromatic nitrogens is 2. The molecule has 4 nitrogen and oxygen atoms in total. The van der Waals surface area contributed by atoms with E-state index in [1.807, 2.05) is 0 Å². The molecule has 0 fully saturated rings. The molecule has 2 rings (SSSR count). The smallest absolute Gasteiger partial charge is 0.336 e. The number of rotatable bonds is 3. The van der Waals surface area contributed by atoms with Gasteiger partial charge >= 0.3 is 6.18 Å². The molecule has 0 radical (unpaired) electrons. The van der Waals surface area contributed by atoms with Gasteiger partial charge in [-0.3, -0.25) is 9.78 Å². The summed E-state index contributed by atoms with van der Waals surface area (Å²) in [7, 11) is 1.55. The highest BCUT2D eigenvalue weighted by atomic mass is 19.4. The predicted molar refractivity (Wildman–Crippen MR) is 69.3 cm³/mol. The highest BCUT2D eigenvalue weighted by Gasteiger charge is 2.30. The predicted octanol–water partition coefficient (Wildman–Crippen LogP) is 2.77. The van der Waals surface area contributed by atoms with Gasteiger partial charge in [0.1, 0.15) is 5.69 Å². The Morgan fingerprint density at radius 3 is 2.38 bits per heavy atom. The molecule has 0 saturated carbocycles. The average Bonchev–Trinajstić information content (AvgIpc) is 2.47. The Bertz CT molecular complexity index is 612. The molecule has 2 aromatic rings. The van der Waals surface area contributed by atoms with Crippen LogP contribution in [0.4, 0.5) is 13.2 Å². The third-order valence-electron chi connectivity index (χ3n) is 2.83. The lowest BCUT2D eigenvalue weighted by Gasteiger charge is -2.17. The van der Waals surface area contributed by atoms with Crippen molar-refractivity contribution >= 4 is 5.91 Å². The average molecular weight is 295 g/mol. The van der Waals surface area contributed by atoms with Crippen LogP contribution < -0.4 is 0 Å². The zero-order valence-electron chi connectivity index (χ0n) is 11.1. The molecule has 0 unspecified atom stereocenters. The molecule has 0 N–H and O–H groups in total.